The predicted molar refractivity (Wildman–Crippen MR) is 375 cm³/mol. The van der Waals surface area contributed by atoms with Gasteiger partial charge in [0.15, 0.2) is 0 Å². The van der Waals surface area contributed by atoms with Gasteiger partial charge in [0.2, 0.25) is 17.7 Å². The van der Waals surface area contributed by atoms with E-state index in [1.165, 1.54) is 38.5 Å². The fourth-order valence-electron chi connectivity index (χ4n) is 11.8. The quantitative estimate of drug-likeness (QED) is 0.0131. The van der Waals surface area contributed by atoms with E-state index in [9.17, 15) is 78.4 Å². The lowest BCUT2D eigenvalue weighted by molar-refractivity contribution is -0.385. The maximum atomic E-state index is 12.4. The number of hydrogen-bond acceptors (Lipinski definition) is 17. The second kappa shape index (κ2) is 36.5. The standard InChI is InChI=1S/C24H26F3N5O3.C21H21F3N4O5.C14H17F3N4O3.C12H16N2/c1-14-2-4-18-15(10-29-21(18)8-14)12-32-7-6-16(13-32)31-22(33)11-30-23(34)19-9-17(3-5-20(19)28)35-24(25,26)27;22-21(23,24)33-16-6-7-18(28(31)32)17(10-16)20(30)25-11-19(29)26-15-8-9-27(13-15)12-14-4-2-1-3-5-14;15-14(16,17)24-9-1-2-11(18)10(5-9)13(23)20-7-12(22)21-8-3-4-19-6-8;1-9-4-5-11-10(8-14(2)3)7-13-12(11)6-9/h2-5,8-10,16,29H,6-7,11-13,28H2,1H3,(H,30,34)(H,31,33);1-7,10,15H,8-9,11-13H2,(H,25,30)(H,26,29);1-2,5,8,19H,3-4,6-7,18H2,(H,20,23)(H,21,22);4-7,13H,8H2,1-3H3/t16-;15-;8-;/m111./s1. The van der Waals surface area contributed by atoms with E-state index in [0.717, 1.165) is 118 Å². The number of nitrogens with one attached hydrogen (secondary N) is 9. The van der Waals surface area contributed by atoms with Gasteiger partial charge in [-0.15, -0.1) is 39.5 Å². The summed E-state index contributed by atoms with van der Waals surface area (Å²) in [6.45, 7) is 9.87. The maximum absolute atomic E-state index is 12.4. The number of aromatic amines is 2. The van der Waals surface area contributed by atoms with Crippen LogP contribution in [0.4, 0.5) is 56.6 Å². The number of nitro benzene ring substituents is 1. The van der Waals surface area contributed by atoms with Crippen LogP contribution in [0.2, 0.25) is 0 Å². The van der Waals surface area contributed by atoms with Crippen LogP contribution in [0.5, 0.6) is 17.2 Å². The van der Waals surface area contributed by atoms with Crippen molar-refractivity contribution in [3.05, 3.63) is 188 Å². The number of amides is 6. The molecule has 3 saturated heterocycles. The molecule has 0 spiro atoms. The van der Waals surface area contributed by atoms with Crippen LogP contribution in [0, 0.1) is 24.0 Å². The number of aryl methyl sites for hydroxylation is 2. The lowest BCUT2D eigenvalue weighted by Gasteiger charge is -2.17. The molecule has 2 aromatic heterocycles. The summed E-state index contributed by atoms with van der Waals surface area (Å²) in [4.78, 5) is 96.4. The molecule has 0 aliphatic carbocycles. The lowest BCUT2D eigenvalue weighted by atomic mass is 10.1. The van der Waals surface area contributed by atoms with Crippen molar-refractivity contribution in [1.82, 2.24) is 61.9 Å². The van der Waals surface area contributed by atoms with Crippen molar-refractivity contribution in [2.45, 2.75) is 90.0 Å². The fraction of sp³-hybridized carbons (Fsp3) is 0.352. The molecule has 8 aromatic rings. The number of ether oxygens (including phenoxy) is 3. The first-order chi connectivity index (χ1) is 50.1. The van der Waals surface area contributed by atoms with Gasteiger partial charge in [-0.3, -0.25) is 48.7 Å². The lowest BCUT2D eigenvalue weighted by Crippen LogP contribution is -2.43. The maximum Gasteiger partial charge on any atom is 0.573 e. The molecule has 26 nitrogen and oxygen atoms in total. The molecule has 6 aromatic carbocycles. The summed E-state index contributed by atoms with van der Waals surface area (Å²) in [6, 6.07) is 30.6. The van der Waals surface area contributed by atoms with Gasteiger partial charge in [-0.2, -0.15) is 0 Å². The molecular formula is C71H80F9N15O11. The van der Waals surface area contributed by atoms with Crippen LogP contribution in [0.3, 0.4) is 0 Å². The Bertz CT molecular complexity index is 4380. The van der Waals surface area contributed by atoms with Gasteiger partial charge in [-0.05, 0) is 136 Å². The Morgan fingerprint density at radius 2 is 0.972 bits per heavy atom. The minimum Gasteiger partial charge on any atom is -0.406 e. The molecule has 6 amide bonds. The van der Waals surface area contributed by atoms with Crippen LogP contribution >= 0.6 is 0 Å². The number of fused-ring (bicyclic) bond motifs is 2. The third-order valence-electron chi connectivity index (χ3n) is 16.6. The van der Waals surface area contributed by atoms with Gasteiger partial charge in [0.1, 0.15) is 22.8 Å². The highest BCUT2D eigenvalue weighted by atomic mass is 19.4. The Balaban J connectivity index is 0.000000186. The van der Waals surface area contributed by atoms with Crippen LogP contribution in [-0.2, 0) is 34.0 Å². The molecule has 0 bridgehead atoms. The number of rotatable bonds is 22. The van der Waals surface area contributed by atoms with Crippen molar-refractivity contribution in [3.63, 3.8) is 0 Å². The summed E-state index contributed by atoms with van der Waals surface area (Å²) in [5.74, 6) is -5.82. The van der Waals surface area contributed by atoms with Crippen LogP contribution < -0.4 is 62.9 Å². The zero-order chi connectivity index (χ0) is 77.0. The van der Waals surface area contributed by atoms with Gasteiger partial charge in [0.25, 0.3) is 23.4 Å². The number of H-pyrrole nitrogens is 2. The van der Waals surface area contributed by atoms with Crippen LogP contribution in [0.25, 0.3) is 21.8 Å². The minimum absolute atomic E-state index is 0.00276. The molecule has 0 unspecified atom stereocenters. The average molecular weight is 1490 g/mol. The summed E-state index contributed by atoms with van der Waals surface area (Å²) < 4.78 is 122. The molecular weight excluding hydrogens is 1410 g/mol. The average Bonchev–Trinajstić information content (AvgIpc) is 1.74. The zero-order valence-electron chi connectivity index (χ0n) is 57.9. The number of nitrogen functional groups attached to an aromatic ring is 2. The molecule has 35 heteroatoms. The highest BCUT2D eigenvalue weighted by Gasteiger charge is 2.35. The highest BCUT2D eigenvalue weighted by molar-refractivity contribution is 6.02. The number of halogens is 9. The molecule has 13 N–H and O–H groups in total. The van der Waals surface area contributed by atoms with Crippen molar-refractivity contribution in [3.8, 4) is 17.2 Å². The number of carbonyl (C=O) groups excluding carboxylic acids is 6. The molecule has 11 rings (SSSR count). The third-order valence-corrected chi connectivity index (χ3v) is 16.6. The largest absolute Gasteiger partial charge is 0.573 e. The van der Waals surface area contributed by atoms with Gasteiger partial charge >= 0.3 is 19.1 Å². The second-order valence-electron chi connectivity index (χ2n) is 25.4. The Morgan fingerprint density at radius 1 is 0.547 bits per heavy atom. The molecule has 568 valence electrons. The van der Waals surface area contributed by atoms with Gasteiger partial charge < -0.3 is 77.8 Å². The van der Waals surface area contributed by atoms with E-state index in [-0.39, 0.29) is 53.7 Å². The van der Waals surface area contributed by atoms with Crippen molar-refractivity contribution in [1.29, 1.82) is 0 Å². The summed E-state index contributed by atoms with van der Waals surface area (Å²) in [7, 11) is 4.18. The number of aromatic nitrogens is 2. The number of benzene rings is 6. The molecule has 3 atom stereocenters. The Morgan fingerprint density at radius 3 is 1.42 bits per heavy atom. The normalized spacial score (nSPS) is 15.9. The van der Waals surface area contributed by atoms with E-state index in [1.807, 2.05) is 43.5 Å². The van der Waals surface area contributed by atoms with Gasteiger partial charge in [-0.1, -0.05) is 54.6 Å². The van der Waals surface area contributed by atoms with E-state index in [2.05, 4.69) is 140 Å². The summed E-state index contributed by atoms with van der Waals surface area (Å²) >= 11 is 0. The van der Waals surface area contributed by atoms with Gasteiger partial charge in [0.05, 0.1) is 35.7 Å². The molecule has 0 saturated carbocycles. The first kappa shape index (κ1) is 80.5. The van der Waals surface area contributed by atoms with E-state index < -0.39 is 94.5 Å². The van der Waals surface area contributed by atoms with E-state index in [4.69, 9.17) is 11.5 Å². The van der Waals surface area contributed by atoms with Crippen molar-refractivity contribution in [2.75, 3.05) is 84.5 Å². The number of alkyl halides is 9. The SMILES string of the molecule is Cc1ccc2c(CN(C)C)c[nH]c2c1.Cc1ccc2c(CN3CC[C@@H](NC(=O)CNC(=O)c4cc(OC(F)(F)F)ccc4N)C3)c[nH]c2c1.Nc1ccc(OC(F)(F)F)cc1C(=O)NCC(=O)N[C@@H]1CCNC1.O=C(CNC(=O)c1cc(OC(F)(F)F)ccc1[N+](=O)[O-])N[C@@H]1CCN(Cc2ccccc2)C1. The van der Waals surface area contributed by atoms with Crippen molar-refractivity contribution in [2.24, 2.45) is 0 Å². The van der Waals surface area contributed by atoms with Crippen LogP contribution in [0.15, 0.2) is 134 Å². The number of carbonyl (C=O) groups is 6. The van der Waals surface area contributed by atoms with Gasteiger partial charge in [-0.25, -0.2) is 0 Å². The number of nitrogens with two attached hydrogens (primary N) is 2. The Labute approximate surface area is 601 Å². The number of likely N-dealkylation sites (tertiary alicyclic amines) is 2. The first-order valence-electron chi connectivity index (χ1n) is 33.1. The number of hydrogen-bond donors (Lipinski definition) is 11. The monoisotopic (exact) mass is 1490 g/mol. The number of anilines is 2. The molecule has 3 aliphatic heterocycles. The third kappa shape index (κ3) is 25.6. The van der Waals surface area contributed by atoms with E-state index in [1.54, 1.807) is 0 Å². The predicted octanol–water partition coefficient (Wildman–Crippen LogP) is 8.60. The smallest absolute Gasteiger partial charge is 0.406 e. The zero-order valence-corrected chi connectivity index (χ0v) is 57.9. The molecule has 3 fully saturated rings. The summed E-state index contributed by atoms with van der Waals surface area (Å²) in [5, 5.41) is 32.0. The first-order valence-corrected chi connectivity index (χ1v) is 33.1. The topological polar surface area (TPSA) is 351 Å². The Kier molecular flexibility index (Phi) is 27.7. The van der Waals surface area contributed by atoms with E-state index in [0.29, 0.717) is 25.7 Å². The highest BCUT2D eigenvalue weighted by Crippen LogP contribution is 2.31. The van der Waals surface area contributed by atoms with Crippen molar-refractivity contribution < 1.29 is 87.4 Å². The Hall–Kier alpha value is -11.2. The van der Waals surface area contributed by atoms with Gasteiger partial charge in [0, 0.05) is 128 Å². The number of nitro groups is 1. The van der Waals surface area contributed by atoms with Crippen LogP contribution in [0.1, 0.15) is 78.2 Å². The summed E-state index contributed by atoms with van der Waals surface area (Å²) in [5.41, 5.74) is 18.0. The molecule has 5 heterocycles. The van der Waals surface area contributed by atoms with Crippen molar-refractivity contribution >= 4 is 74.3 Å². The summed E-state index contributed by atoms with van der Waals surface area (Å²) in [6.07, 6.45) is -8.41. The molecule has 3 aliphatic rings. The molecule has 0 radical (unpaired) electrons. The van der Waals surface area contributed by atoms with E-state index >= 15 is 0 Å². The fourth-order valence-corrected chi connectivity index (χ4v) is 11.8. The molecule has 106 heavy (non-hydrogen) atoms. The van der Waals surface area contributed by atoms with Crippen LogP contribution in [-0.4, -0.2) is 175 Å². The minimum atomic E-state index is -5.03. The number of nitrogens with zero attached hydrogens (tertiary/aromatic N) is 4. The second-order valence-corrected chi connectivity index (χ2v) is 25.4.